The molecule has 0 aromatic carbocycles. The van der Waals surface area contributed by atoms with Crippen LogP contribution in [0.15, 0.2) is 12.3 Å². The van der Waals surface area contributed by atoms with Gasteiger partial charge in [-0.3, -0.25) is 4.98 Å². The smallest absolute Gasteiger partial charge is 0.140 e. The fourth-order valence-corrected chi connectivity index (χ4v) is 1.02. The molecule has 0 amide bonds. The first-order chi connectivity index (χ1) is 5.27. The minimum absolute atomic E-state index is 0. The Labute approximate surface area is 87.3 Å². The van der Waals surface area contributed by atoms with Gasteiger partial charge in [-0.05, 0) is 0 Å². The van der Waals surface area contributed by atoms with Crippen molar-refractivity contribution in [3.05, 3.63) is 23.0 Å². The monoisotopic (exact) mass is 227 g/mol. The zero-order valence-electron chi connectivity index (χ0n) is 6.38. The van der Waals surface area contributed by atoms with Gasteiger partial charge in [0.15, 0.2) is 0 Å². The maximum atomic E-state index is 5.72. The quantitative estimate of drug-likeness (QED) is 0.726. The molecule has 0 unspecified atom stereocenters. The molecule has 0 aliphatic heterocycles. The highest BCUT2D eigenvalue weighted by molar-refractivity contribution is 6.31. The molecule has 0 N–H and O–H groups in total. The molecular formula is C7H8Cl3NO. The Balaban J connectivity index is 0.00000121. The average Bonchev–Trinajstić information content (AvgIpc) is 2.05. The predicted molar refractivity (Wildman–Crippen MR) is 52.6 cm³/mol. The second-order valence-electron chi connectivity index (χ2n) is 1.94. The summed E-state index contributed by atoms with van der Waals surface area (Å²) < 4.78 is 4.96. The molecule has 1 aromatic rings. The number of hydrogen-bond acceptors (Lipinski definition) is 2. The van der Waals surface area contributed by atoms with Crippen molar-refractivity contribution in [2.45, 2.75) is 5.88 Å². The molecule has 0 fully saturated rings. The molecule has 68 valence electrons. The van der Waals surface area contributed by atoms with Crippen molar-refractivity contribution in [3.8, 4) is 5.75 Å². The van der Waals surface area contributed by atoms with E-state index in [9.17, 15) is 0 Å². The summed E-state index contributed by atoms with van der Waals surface area (Å²) in [5, 5.41) is 0.501. The fraction of sp³-hybridized carbons (Fsp3) is 0.286. The first kappa shape index (κ1) is 11.8. The number of ether oxygens (including phenoxy) is 1. The van der Waals surface area contributed by atoms with Crippen LogP contribution in [0.5, 0.6) is 5.75 Å². The number of pyridine rings is 1. The van der Waals surface area contributed by atoms with Crippen molar-refractivity contribution in [2.24, 2.45) is 0 Å². The zero-order chi connectivity index (χ0) is 8.27. The Morgan fingerprint density at radius 1 is 1.58 bits per heavy atom. The second kappa shape index (κ2) is 5.46. The van der Waals surface area contributed by atoms with Gasteiger partial charge < -0.3 is 4.74 Å². The number of aromatic nitrogens is 1. The number of methoxy groups -OCH3 is 1. The van der Waals surface area contributed by atoms with Gasteiger partial charge in [0.1, 0.15) is 10.8 Å². The first-order valence-corrected chi connectivity index (χ1v) is 3.93. The standard InChI is InChI=1S/C7H7Cl2NO.ClH/c1-11-7-2-5(3-8)10-4-6(7)9;/h2,4H,3H2,1H3;1H. The molecular weight excluding hydrogens is 220 g/mol. The molecule has 2 nitrogen and oxygen atoms in total. The van der Waals surface area contributed by atoms with Crippen LogP contribution in [0, 0.1) is 0 Å². The van der Waals surface area contributed by atoms with Crippen molar-refractivity contribution >= 4 is 35.6 Å². The van der Waals surface area contributed by atoms with Gasteiger partial charge in [0, 0.05) is 12.3 Å². The summed E-state index contributed by atoms with van der Waals surface area (Å²) in [7, 11) is 1.55. The van der Waals surface area contributed by atoms with Crippen LogP contribution in [0.1, 0.15) is 5.69 Å². The van der Waals surface area contributed by atoms with E-state index in [0.717, 1.165) is 5.69 Å². The average molecular weight is 229 g/mol. The van der Waals surface area contributed by atoms with E-state index in [4.69, 9.17) is 27.9 Å². The first-order valence-electron chi connectivity index (χ1n) is 3.02. The van der Waals surface area contributed by atoms with Crippen molar-refractivity contribution in [3.63, 3.8) is 0 Å². The van der Waals surface area contributed by atoms with E-state index in [-0.39, 0.29) is 12.4 Å². The summed E-state index contributed by atoms with van der Waals surface area (Å²) in [5.41, 5.74) is 0.757. The Morgan fingerprint density at radius 2 is 2.25 bits per heavy atom. The third-order valence-electron chi connectivity index (χ3n) is 1.23. The van der Waals surface area contributed by atoms with Crippen molar-refractivity contribution < 1.29 is 4.74 Å². The van der Waals surface area contributed by atoms with Gasteiger partial charge in [-0.1, -0.05) is 11.6 Å². The third kappa shape index (κ3) is 2.70. The lowest BCUT2D eigenvalue weighted by Crippen LogP contribution is -1.89. The minimum atomic E-state index is 0. The molecule has 0 radical (unpaired) electrons. The number of alkyl halides is 1. The zero-order valence-corrected chi connectivity index (χ0v) is 8.71. The van der Waals surface area contributed by atoms with E-state index >= 15 is 0 Å². The molecule has 0 atom stereocenters. The Morgan fingerprint density at radius 3 is 2.75 bits per heavy atom. The molecule has 1 rings (SSSR count). The SMILES string of the molecule is COc1cc(CCl)ncc1Cl.Cl. The van der Waals surface area contributed by atoms with E-state index in [1.54, 1.807) is 13.2 Å². The highest BCUT2D eigenvalue weighted by Gasteiger charge is 2.01. The summed E-state index contributed by atoms with van der Waals surface area (Å²) in [5.74, 6) is 0.977. The summed E-state index contributed by atoms with van der Waals surface area (Å²) in [4.78, 5) is 3.96. The van der Waals surface area contributed by atoms with Gasteiger partial charge >= 0.3 is 0 Å². The highest BCUT2D eigenvalue weighted by Crippen LogP contribution is 2.23. The van der Waals surface area contributed by atoms with Crippen LogP contribution in [-0.4, -0.2) is 12.1 Å². The van der Waals surface area contributed by atoms with Crippen LogP contribution in [0.3, 0.4) is 0 Å². The predicted octanol–water partition coefficient (Wildman–Crippen LogP) is 2.90. The Hall–Kier alpha value is -0.180. The summed E-state index contributed by atoms with van der Waals surface area (Å²) in [6.07, 6.45) is 1.53. The van der Waals surface area contributed by atoms with Crippen LogP contribution in [0.2, 0.25) is 5.02 Å². The maximum Gasteiger partial charge on any atom is 0.140 e. The van der Waals surface area contributed by atoms with Gasteiger partial charge in [0.05, 0.1) is 18.7 Å². The molecule has 0 bridgehead atoms. The summed E-state index contributed by atoms with van der Waals surface area (Å²) >= 11 is 11.3. The van der Waals surface area contributed by atoms with Crippen molar-refractivity contribution in [2.75, 3.05) is 7.11 Å². The van der Waals surface area contributed by atoms with Gasteiger partial charge in [0.25, 0.3) is 0 Å². The lowest BCUT2D eigenvalue weighted by molar-refractivity contribution is 0.414. The van der Waals surface area contributed by atoms with Gasteiger partial charge in [-0.25, -0.2) is 0 Å². The van der Waals surface area contributed by atoms with E-state index in [1.165, 1.54) is 6.20 Å². The fourth-order valence-electron chi connectivity index (χ4n) is 0.690. The molecule has 1 aromatic heterocycles. The number of nitrogens with zero attached hydrogens (tertiary/aromatic N) is 1. The molecule has 0 aliphatic carbocycles. The van der Waals surface area contributed by atoms with Crippen LogP contribution < -0.4 is 4.74 Å². The highest BCUT2D eigenvalue weighted by atomic mass is 35.5. The van der Waals surface area contributed by atoms with Crippen molar-refractivity contribution in [1.82, 2.24) is 4.98 Å². The van der Waals surface area contributed by atoms with E-state index < -0.39 is 0 Å². The normalized spacial score (nSPS) is 8.92. The molecule has 0 saturated carbocycles. The van der Waals surface area contributed by atoms with Gasteiger partial charge in [-0.2, -0.15) is 0 Å². The van der Waals surface area contributed by atoms with Gasteiger partial charge in [0.2, 0.25) is 0 Å². The van der Waals surface area contributed by atoms with Crippen molar-refractivity contribution in [1.29, 1.82) is 0 Å². The number of rotatable bonds is 2. The van der Waals surface area contributed by atoms with Crippen LogP contribution in [-0.2, 0) is 5.88 Å². The van der Waals surface area contributed by atoms with Gasteiger partial charge in [-0.15, -0.1) is 24.0 Å². The van der Waals surface area contributed by atoms with Crippen LogP contribution in [0.4, 0.5) is 0 Å². The lowest BCUT2D eigenvalue weighted by atomic mass is 10.3. The van der Waals surface area contributed by atoms with E-state index in [1.807, 2.05) is 0 Å². The van der Waals surface area contributed by atoms with Crippen LogP contribution in [0.25, 0.3) is 0 Å². The van der Waals surface area contributed by atoms with E-state index in [0.29, 0.717) is 16.7 Å². The second-order valence-corrected chi connectivity index (χ2v) is 2.62. The molecule has 0 aliphatic rings. The number of halogens is 3. The topological polar surface area (TPSA) is 22.1 Å². The molecule has 1 heterocycles. The number of hydrogen-bond donors (Lipinski definition) is 0. The molecule has 0 spiro atoms. The summed E-state index contributed by atoms with van der Waals surface area (Å²) in [6.45, 7) is 0. The maximum absolute atomic E-state index is 5.72. The third-order valence-corrected chi connectivity index (χ3v) is 1.79. The Kier molecular flexibility index (Phi) is 5.38. The Bertz CT molecular complexity index is 254. The van der Waals surface area contributed by atoms with Crippen LogP contribution >= 0.6 is 35.6 Å². The molecule has 5 heteroatoms. The summed E-state index contributed by atoms with van der Waals surface area (Å²) in [6, 6.07) is 1.72. The largest absolute Gasteiger partial charge is 0.495 e. The van der Waals surface area contributed by atoms with E-state index in [2.05, 4.69) is 4.98 Å². The lowest BCUT2D eigenvalue weighted by Gasteiger charge is -2.02. The molecule has 0 saturated heterocycles. The minimum Gasteiger partial charge on any atom is -0.495 e. The molecule has 12 heavy (non-hydrogen) atoms.